The number of methoxy groups -OCH3 is 2. The number of nitrogens with zero attached hydrogens (tertiary/aromatic N) is 1. The van der Waals surface area contributed by atoms with Crippen molar-refractivity contribution >= 4 is 27.3 Å². The zero-order chi connectivity index (χ0) is 23.6. The summed E-state index contributed by atoms with van der Waals surface area (Å²) in [6.07, 6.45) is 1.29. The average molecular weight is 471 g/mol. The molecule has 172 valence electrons. The molecular weight excluding hydrogens is 447 g/mol. The molecule has 0 saturated heterocycles. The Hall–Kier alpha value is -3.59. The number of halogens is 1. The molecular formula is C24H23FN2O5S. The van der Waals surface area contributed by atoms with Crippen molar-refractivity contribution < 1.29 is 27.1 Å². The highest BCUT2D eigenvalue weighted by molar-refractivity contribution is 7.92. The van der Waals surface area contributed by atoms with Gasteiger partial charge in [0.1, 0.15) is 17.3 Å². The summed E-state index contributed by atoms with van der Waals surface area (Å²) in [4.78, 5) is 12.9. The molecule has 0 spiro atoms. The monoisotopic (exact) mass is 470 g/mol. The largest absolute Gasteiger partial charge is 0.497 e. The van der Waals surface area contributed by atoms with Crippen LogP contribution in [0.5, 0.6) is 11.5 Å². The average Bonchev–Trinajstić information content (AvgIpc) is 2.83. The number of aryl methyl sites for hydroxylation is 1. The number of fused-ring (bicyclic) bond motifs is 1. The topological polar surface area (TPSA) is 84.9 Å². The first kappa shape index (κ1) is 22.6. The third-order valence-corrected chi connectivity index (χ3v) is 7.30. The van der Waals surface area contributed by atoms with Crippen LogP contribution in [0.15, 0.2) is 65.6 Å². The number of carbonyl (C=O) groups is 1. The summed E-state index contributed by atoms with van der Waals surface area (Å²) in [5.41, 5.74) is 2.23. The zero-order valence-corrected chi connectivity index (χ0v) is 19.0. The van der Waals surface area contributed by atoms with Gasteiger partial charge in [0.05, 0.1) is 30.4 Å². The van der Waals surface area contributed by atoms with Crippen LogP contribution in [0.25, 0.3) is 0 Å². The van der Waals surface area contributed by atoms with Gasteiger partial charge in [0.25, 0.3) is 15.9 Å². The van der Waals surface area contributed by atoms with Gasteiger partial charge in [-0.3, -0.25) is 9.10 Å². The fourth-order valence-electron chi connectivity index (χ4n) is 3.81. The van der Waals surface area contributed by atoms with Crippen LogP contribution < -0.4 is 19.1 Å². The highest BCUT2D eigenvalue weighted by atomic mass is 32.2. The molecule has 0 atom stereocenters. The van der Waals surface area contributed by atoms with Crippen molar-refractivity contribution in [3.63, 3.8) is 0 Å². The van der Waals surface area contributed by atoms with Crippen LogP contribution in [0, 0.1) is 5.82 Å². The first-order chi connectivity index (χ1) is 15.8. The maximum Gasteiger partial charge on any atom is 0.264 e. The summed E-state index contributed by atoms with van der Waals surface area (Å²) in [7, 11) is -0.834. The molecule has 0 bridgehead atoms. The van der Waals surface area contributed by atoms with Crippen molar-refractivity contribution in [1.82, 2.24) is 0 Å². The standard InChI is InChI=1S/C24H23FN2O5S/c1-31-19-8-11-21(23(15-19)32-2)24(28)26-18-7-12-22-16(14-18)4-3-13-27(22)33(29,30)20-9-5-17(25)6-10-20/h5-12,14-15H,3-4,13H2,1-2H3,(H,26,28). The molecule has 1 amide bonds. The molecule has 33 heavy (non-hydrogen) atoms. The highest BCUT2D eigenvalue weighted by Gasteiger charge is 2.29. The van der Waals surface area contributed by atoms with Gasteiger partial charge in [0.15, 0.2) is 0 Å². The quantitative estimate of drug-likeness (QED) is 0.583. The number of anilines is 2. The third kappa shape index (κ3) is 4.49. The zero-order valence-electron chi connectivity index (χ0n) is 18.2. The number of ether oxygens (including phenoxy) is 2. The summed E-state index contributed by atoms with van der Waals surface area (Å²) in [6, 6.07) is 14.8. The van der Waals surface area contributed by atoms with Gasteiger partial charge in [-0.15, -0.1) is 0 Å². The fraction of sp³-hybridized carbons (Fsp3) is 0.208. The molecule has 3 aromatic carbocycles. The number of hydrogen-bond acceptors (Lipinski definition) is 5. The molecule has 1 aliphatic rings. The van der Waals surface area contributed by atoms with E-state index in [1.165, 1.54) is 30.7 Å². The van der Waals surface area contributed by atoms with Crippen LogP contribution >= 0.6 is 0 Å². The lowest BCUT2D eigenvalue weighted by molar-refractivity contribution is 0.102. The van der Waals surface area contributed by atoms with E-state index >= 15 is 0 Å². The van der Waals surface area contributed by atoms with Crippen LogP contribution in [-0.4, -0.2) is 35.1 Å². The molecule has 0 fully saturated rings. The Kier molecular flexibility index (Phi) is 6.24. The van der Waals surface area contributed by atoms with Gasteiger partial charge in [-0.2, -0.15) is 0 Å². The second kappa shape index (κ2) is 9.11. The Morgan fingerprint density at radius 1 is 1.00 bits per heavy atom. The van der Waals surface area contributed by atoms with Crippen LogP contribution in [0.1, 0.15) is 22.3 Å². The molecule has 0 radical (unpaired) electrons. The van der Waals surface area contributed by atoms with E-state index in [0.717, 1.165) is 17.7 Å². The molecule has 1 heterocycles. The summed E-state index contributed by atoms with van der Waals surface area (Å²) < 4.78 is 51.3. The number of carbonyl (C=O) groups excluding carboxylic acids is 1. The highest BCUT2D eigenvalue weighted by Crippen LogP contribution is 2.34. The fourth-order valence-corrected chi connectivity index (χ4v) is 5.35. The molecule has 0 saturated carbocycles. The lowest BCUT2D eigenvalue weighted by Gasteiger charge is -2.31. The van der Waals surface area contributed by atoms with E-state index in [1.54, 1.807) is 36.4 Å². The van der Waals surface area contributed by atoms with E-state index in [2.05, 4.69) is 5.32 Å². The normalized spacial score (nSPS) is 13.2. The summed E-state index contributed by atoms with van der Waals surface area (Å²) in [6.45, 7) is 0.321. The number of hydrogen-bond donors (Lipinski definition) is 1. The Balaban J connectivity index is 1.60. The first-order valence-electron chi connectivity index (χ1n) is 10.3. The van der Waals surface area contributed by atoms with E-state index in [-0.39, 0.29) is 10.8 Å². The first-order valence-corrected chi connectivity index (χ1v) is 11.7. The van der Waals surface area contributed by atoms with Crippen molar-refractivity contribution in [3.05, 3.63) is 77.6 Å². The smallest absolute Gasteiger partial charge is 0.264 e. The predicted octanol–water partition coefficient (Wildman–Crippen LogP) is 4.24. The van der Waals surface area contributed by atoms with Crippen molar-refractivity contribution in [2.45, 2.75) is 17.7 Å². The van der Waals surface area contributed by atoms with Crippen LogP contribution in [0.3, 0.4) is 0 Å². The van der Waals surface area contributed by atoms with E-state index in [9.17, 15) is 17.6 Å². The molecule has 7 nitrogen and oxygen atoms in total. The molecule has 0 aliphatic carbocycles. The molecule has 1 N–H and O–H groups in total. The Morgan fingerprint density at radius 2 is 1.76 bits per heavy atom. The summed E-state index contributed by atoms with van der Waals surface area (Å²) >= 11 is 0. The summed E-state index contributed by atoms with van der Waals surface area (Å²) in [5.74, 6) is 0.0870. The number of nitrogens with one attached hydrogen (secondary N) is 1. The minimum atomic E-state index is -3.84. The van der Waals surface area contributed by atoms with Crippen LogP contribution in [-0.2, 0) is 16.4 Å². The molecule has 9 heteroatoms. The number of amides is 1. The molecule has 0 aromatic heterocycles. The molecule has 1 aliphatic heterocycles. The van der Waals surface area contributed by atoms with E-state index < -0.39 is 15.8 Å². The Bertz CT molecular complexity index is 1290. The van der Waals surface area contributed by atoms with Crippen molar-refractivity contribution in [3.8, 4) is 11.5 Å². The number of sulfonamides is 1. The molecule has 0 unspecified atom stereocenters. The third-order valence-electron chi connectivity index (χ3n) is 5.47. The van der Waals surface area contributed by atoms with Gasteiger partial charge in [-0.25, -0.2) is 12.8 Å². The predicted molar refractivity (Wildman–Crippen MR) is 123 cm³/mol. The van der Waals surface area contributed by atoms with Gasteiger partial charge < -0.3 is 14.8 Å². The van der Waals surface area contributed by atoms with Crippen LogP contribution in [0.2, 0.25) is 0 Å². The minimum absolute atomic E-state index is 0.0285. The van der Waals surface area contributed by atoms with Gasteiger partial charge in [-0.1, -0.05) is 0 Å². The second-order valence-corrected chi connectivity index (χ2v) is 9.36. The lowest BCUT2D eigenvalue weighted by Crippen LogP contribution is -2.35. The molecule has 3 aromatic rings. The Morgan fingerprint density at radius 3 is 2.45 bits per heavy atom. The minimum Gasteiger partial charge on any atom is -0.497 e. The van der Waals surface area contributed by atoms with Crippen molar-refractivity contribution in [1.29, 1.82) is 0 Å². The van der Waals surface area contributed by atoms with E-state index in [1.807, 2.05) is 0 Å². The summed E-state index contributed by atoms with van der Waals surface area (Å²) in [5, 5.41) is 2.84. The van der Waals surface area contributed by atoms with Gasteiger partial charge in [0, 0.05) is 18.3 Å². The SMILES string of the molecule is COc1ccc(C(=O)Nc2ccc3c(c2)CCCN3S(=O)(=O)c2ccc(F)cc2)c(OC)c1. The van der Waals surface area contributed by atoms with Crippen molar-refractivity contribution in [2.75, 3.05) is 30.4 Å². The lowest BCUT2D eigenvalue weighted by atomic mass is 10.0. The van der Waals surface area contributed by atoms with Crippen molar-refractivity contribution in [2.24, 2.45) is 0 Å². The van der Waals surface area contributed by atoms with Gasteiger partial charge in [0.2, 0.25) is 0 Å². The second-order valence-electron chi connectivity index (χ2n) is 7.50. The van der Waals surface area contributed by atoms with Crippen LogP contribution in [0.4, 0.5) is 15.8 Å². The van der Waals surface area contributed by atoms with Gasteiger partial charge in [-0.05, 0) is 73.0 Å². The van der Waals surface area contributed by atoms with E-state index in [4.69, 9.17) is 9.47 Å². The number of rotatable bonds is 6. The maximum atomic E-state index is 13.3. The number of benzene rings is 3. The maximum absolute atomic E-state index is 13.3. The Labute approximate surface area is 191 Å². The van der Waals surface area contributed by atoms with E-state index in [0.29, 0.717) is 47.8 Å². The van der Waals surface area contributed by atoms with Gasteiger partial charge >= 0.3 is 0 Å². The molecule has 4 rings (SSSR count).